The molecule has 7 fully saturated rings. The average Bonchev–Trinajstić information content (AvgIpc) is 3.72. The lowest BCUT2D eigenvalue weighted by Gasteiger charge is -2.53. The second-order valence-electron chi connectivity index (χ2n) is 14.5. The number of fused-ring (bicyclic) bond motifs is 4. The van der Waals surface area contributed by atoms with Crippen molar-refractivity contribution in [3.8, 4) is 0 Å². The number of cyclic esters (lactones) is 1. The van der Waals surface area contributed by atoms with Gasteiger partial charge in [0.15, 0.2) is 11.7 Å². The maximum atomic E-state index is 14.1. The highest BCUT2D eigenvalue weighted by Gasteiger charge is 3.01. The molecule has 3 saturated heterocycles. The standard InChI is InChI=1S/C30H32O9/c1-11(2)28-20(38-28)21-30(39-21)26(3)6-4-12-13(10-35-23(12)33)15(26)8-17-29(30,37-17)25(28)36-24(34)19-16-9-27(16)7-5-14(27)18(19)22(31)32/h5,7,11,14-21,25H,4,6,8-10H2,1-3H3,(H,31,32)/t14?,15-,16?,17-,18+,19-,20-,21+,25+,26-,27?,28+,29+,30+/m0/s1. The van der Waals surface area contributed by atoms with Gasteiger partial charge in [0.05, 0.1) is 17.9 Å². The number of epoxide rings is 3. The second-order valence-corrected chi connectivity index (χ2v) is 14.5. The van der Waals surface area contributed by atoms with Crippen LogP contribution in [0.5, 0.6) is 0 Å². The molecule has 4 heterocycles. The lowest BCUT2D eigenvalue weighted by molar-refractivity contribution is -0.178. The van der Waals surface area contributed by atoms with Gasteiger partial charge in [-0.1, -0.05) is 32.9 Å². The van der Waals surface area contributed by atoms with Crippen LogP contribution in [0.15, 0.2) is 23.3 Å². The zero-order valence-electron chi connectivity index (χ0n) is 22.2. The molecule has 4 aliphatic heterocycles. The molecule has 0 amide bonds. The number of hydrogen-bond donors (Lipinski definition) is 1. The van der Waals surface area contributed by atoms with Crippen molar-refractivity contribution in [1.82, 2.24) is 0 Å². The molecule has 0 aromatic carbocycles. The van der Waals surface area contributed by atoms with Crippen molar-refractivity contribution in [2.45, 2.75) is 87.7 Å². The topological polar surface area (TPSA) is 127 Å². The van der Waals surface area contributed by atoms with Gasteiger partial charge in [-0.15, -0.1) is 0 Å². The molecule has 9 heteroatoms. The van der Waals surface area contributed by atoms with Crippen molar-refractivity contribution in [2.75, 3.05) is 6.61 Å². The quantitative estimate of drug-likeness (QED) is 0.327. The van der Waals surface area contributed by atoms with Gasteiger partial charge in [-0.2, -0.15) is 0 Å². The zero-order chi connectivity index (χ0) is 26.6. The number of rotatable bonds is 4. The number of esters is 2. The fourth-order valence-corrected chi connectivity index (χ4v) is 11.4. The van der Waals surface area contributed by atoms with Crippen LogP contribution in [0.1, 0.15) is 46.5 Å². The molecule has 9 nitrogen and oxygen atoms in total. The summed E-state index contributed by atoms with van der Waals surface area (Å²) < 4.78 is 32.0. The van der Waals surface area contributed by atoms with Crippen LogP contribution in [0.4, 0.5) is 0 Å². The molecule has 1 N–H and O–H groups in total. The molecule has 0 aromatic rings. The van der Waals surface area contributed by atoms with Crippen LogP contribution in [0.25, 0.3) is 0 Å². The summed E-state index contributed by atoms with van der Waals surface area (Å²) >= 11 is 0. The lowest BCUT2D eigenvalue weighted by Crippen LogP contribution is -2.70. The summed E-state index contributed by atoms with van der Waals surface area (Å²) in [6.07, 6.45) is 5.83. The highest BCUT2D eigenvalue weighted by molar-refractivity contribution is 5.92. The van der Waals surface area contributed by atoms with Crippen LogP contribution >= 0.6 is 0 Å². The minimum atomic E-state index is -0.922. The summed E-state index contributed by atoms with van der Waals surface area (Å²) in [7, 11) is 0. The van der Waals surface area contributed by atoms with Crippen LogP contribution in [0, 0.1) is 46.3 Å². The summed E-state index contributed by atoms with van der Waals surface area (Å²) in [6, 6.07) is 0. The monoisotopic (exact) mass is 536 g/mol. The first-order chi connectivity index (χ1) is 18.6. The van der Waals surface area contributed by atoms with Crippen molar-refractivity contribution in [2.24, 2.45) is 46.3 Å². The van der Waals surface area contributed by atoms with E-state index >= 15 is 0 Å². The zero-order valence-corrected chi connectivity index (χ0v) is 22.2. The molecule has 0 radical (unpaired) electrons. The van der Waals surface area contributed by atoms with Crippen molar-refractivity contribution in [1.29, 1.82) is 0 Å². The average molecular weight is 537 g/mol. The van der Waals surface area contributed by atoms with Gasteiger partial charge in [0, 0.05) is 16.9 Å². The van der Waals surface area contributed by atoms with Crippen LogP contribution in [-0.4, -0.2) is 70.8 Å². The Hall–Kier alpha value is -2.23. The van der Waals surface area contributed by atoms with E-state index in [-0.39, 0.29) is 58.8 Å². The third-order valence-electron chi connectivity index (χ3n) is 13.4. The summed E-state index contributed by atoms with van der Waals surface area (Å²) in [5, 5.41) is 10.1. The second kappa shape index (κ2) is 6.02. The van der Waals surface area contributed by atoms with E-state index in [2.05, 4.69) is 26.8 Å². The lowest BCUT2D eigenvalue weighted by atomic mass is 9.46. The molecule has 3 spiro atoms. The maximum Gasteiger partial charge on any atom is 0.334 e. The highest BCUT2D eigenvalue weighted by atomic mass is 16.8. The van der Waals surface area contributed by atoms with E-state index in [9.17, 15) is 19.5 Å². The summed E-state index contributed by atoms with van der Waals surface area (Å²) in [4.78, 5) is 38.8. The summed E-state index contributed by atoms with van der Waals surface area (Å²) in [5.41, 5.74) is -0.753. The van der Waals surface area contributed by atoms with Crippen molar-refractivity contribution >= 4 is 17.9 Å². The van der Waals surface area contributed by atoms with E-state index in [1.54, 1.807) is 0 Å². The number of carboxylic acid groups (broad SMARTS) is 1. The van der Waals surface area contributed by atoms with E-state index < -0.39 is 46.7 Å². The van der Waals surface area contributed by atoms with Gasteiger partial charge < -0.3 is 28.8 Å². The van der Waals surface area contributed by atoms with E-state index in [0.717, 1.165) is 30.4 Å². The Labute approximate surface area is 225 Å². The molecule has 4 saturated carbocycles. The highest BCUT2D eigenvalue weighted by Crippen LogP contribution is 2.83. The number of carbonyl (C=O) groups excluding carboxylic acids is 2. The van der Waals surface area contributed by atoms with Gasteiger partial charge in [0.25, 0.3) is 0 Å². The number of hydrogen-bond acceptors (Lipinski definition) is 8. The number of ether oxygens (including phenoxy) is 5. The van der Waals surface area contributed by atoms with Crippen molar-refractivity contribution in [3.05, 3.63) is 23.3 Å². The first-order valence-electron chi connectivity index (χ1n) is 14.6. The van der Waals surface area contributed by atoms with Gasteiger partial charge in [-0.05, 0) is 54.4 Å². The van der Waals surface area contributed by atoms with Gasteiger partial charge in [0.1, 0.15) is 30.0 Å². The number of aliphatic carboxylic acids is 1. The normalized spacial score (nSPS) is 60.7. The van der Waals surface area contributed by atoms with E-state index in [1.165, 1.54) is 0 Å². The molecule has 0 aromatic heterocycles. The fraction of sp³-hybridized carbons (Fsp3) is 0.767. The van der Waals surface area contributed by atoms with Gasteiger partial charge in [-0.25, -0.2) is 4.79 Å². The molecule has 39 heavy (non-hydrogen) atoms. The molecular weight excluding hydrogens is 504 g/mol. The predicted octanol–water partition coefficient (Wildman–Crippen LogP) is 2.18. The Bertz CT molecular complexity index is 1400. The molecule has 0 bridgehead atoms. The fourth-order valence-electron chi connectivity index (χ4n) is 11.4. The molecular formula is C30H32O9. The van der Waals surface area contributed by atoms with Crippen molar-refractivity contribution < 1.29 is 43.2 Å². The third-order valence-corrected chi connectivity index (χ3v) is 13.4. The minimum Gasteiger partial charge on any atom is -0.481 e. The van der Waals surface area contributed by atoms with E-state index in [0.29, 0.717) is 13.0 Å². The Morgan fingerprint density at radius 1 is 1.15 bits per heavy atom. The first-order valence-corrected chi connectivity index (χ1v) is 14.6. The molecule has 14 atom stereocenters. The van der Waals surface area contributed by atoms with E-state index in [1.807, 2.05) is 6.08 Å². The molecule has 10 aliphatic rings. The Balaban J connectivity index is 1.06. The van der Waals surface area contributed by atoms with Gasteiger partial charge >= 0.3 is 17.9 Å². The Morgan fingerprint density at radius 3 is 2.69 bits per heavy atom. The van der Waals surface area contributed by atoms with Gasteiger partial charge in [0.2, 0.25) is 0 Å². The van der Waals surface area contributed by atoms with E-state index in [4.69, 9.17) is 23.7 Å². The van der Waals surface area contributed by atoms with Gasteiger partial charge in [-0.3, -0.25) is 9.59 Å². The largest absolute Gasteiger partial charge is 0.481 e. The summed E-state index contributed by atoms with van der Waals surface area (Å²) in [5.74, 6) is -2.87. The number of allylic oxidation sites excluding steroid dienone is 2. The SMILES string of the molecule is CC(C)[C@@]12O[C@H]1[C@H]1O[C@]13[C@]1(O[C@H]1C[C@H]1C4=C(CC[C@@]13C)C(=O)OC4)[C@@H]2OC(=O)[C@H]1C2CC23C=CC3[C@H]1C(=O)O. The molecule has 10 rings (SSSR count). The predicted molar refractivity (Wildman–Crippen MR) is 129 cm³/mol. The third kappa shape index (κ3) is 2.00. The first kappa shape index (κ1) is 22.5. The van der Waals surface area contributed by atoms with Crippen LogP contribution < -0.4 is 0 Å². The summed E-state index contributed by atoms with van der Waals surface area (Å²) in [6.45, 7) is 6.76. The maximum absolute atomic E-state index is 14.1. The molecule has 206 valence electrons. The number of carboxylic acids is 1. The number of carbonyl (C=O) groups is 3. The van der Waals surface area contributed by atoms with Crippen LogP contribution in [0.3, 0.4) is 0 Å². The smallest absolute Gasteiger partial charge is 0.334 e. The van der Waals surface area contributed by atoms with Crippen LogP contribution in [0.2, 0.25) is 0 Å². The Morgan fingerprint density at radius 2 is 1.97 bits per heavy atom. The molecule has 3 unspecified atom stereocenters. The molecule has 6 aliphatic carbocycles. The van der Waals surface area contributed by atoms with Crippen LogP contribution in [-0.2, 0) is 38.1 Å². The Kier molecular flexibility index (Phi) is 3.47. The van der Waals surface area contributed by atoms with Crippen molar-refractivity contribution in [3.63, 3.8) is 0 Å². The minimum absolute atomic E-state index is 0.0276.